The minimum absolute atomic E-state index is 0.0110. The van der Waals surface area contributed by atoms with Crippen molar-refractivity contribution in [3.63, 3.8) is 0 Å². The fourth-order valence-corrected chi connectivity index (χ4v) is 4.81. The van der Waals surface area contributed by atoms with Crippen LogP contribution < -0.4 is 9.64 Å². The van der Waals surface area contributed by atoms with E-state index in [1.807, 2.05) is 6.92 Å². The lowest BCUT2D eigenvalue weighted by Gasteiger charge is -2.49. The highest BCUT2D eigenvalue weighted by molar-refractivity contribution is 6.42. The number of rotatable bonds is 6. The number of nitrogens with zero attached hydrogens (tertiary/aromatic N) is 3. The maximum Gasteiger partial charge on any atom is 0.270 e. The fourth-order valence-electron chi connectivity index (χ4n) is 4.52. The first-order valence-corrected chi connectivity index (χ1v) is 11.7. The van der Waals surface area contributed by atoms with Crippen molar-refractivity contribution in [3.05, 3.63) is 97.5 Å². The van der Waals surface area contributed by atoms with E-state index in [0.29, 0.717) is 28.6 Å². The number of hydrogen-bond donors (Lipinski definition) is 0. The molecule has 2 heterocycles. The molecule has 9 nitrogen and oxygen atoms in total. The maximum absolute atomic E-state index is 13.5. The smallest absolute Gasteiger partial charge is 0.270 e. The summed E-state index contributed by atoms with van der Waals surface area (Å²) in [5.41, 5.74) is 0.669. The van der Waals surface area contributed by atoms with E-state index < -0.39 is 34.7 Å². The van der Waals surface area contributed by atoms with Gasteiger partial charge in [0.1, 0.15) is 11.8 Å². The van der Waals surface area contributed by atoms with Gasteiger partial charge in [0.15, 0.2) is 0 Å². The molecular formula is C25H17Cl2N3O6. The van der Waals surface area contributed by atoms with Crippen molar-refractivity contribution in [2.45, 2.75) is 19.0 Å². The number of nitro groups is 1. The highest BCUT2D eigenvalue weighted by Gasteiger charge is 2.57. The van der Waals surface area contributed by atoms with E-state index >= 15 is 0 Å². The van der Waals surface area contributed by atoms with Crippen LogP contribution in [0.2, 0.25) is 10.0 Å². The average molecular weight is 526 g/mol. The van der Waals surface area contributed by atoms with E-state index in [4.69, 9.17) is 27.9 Å². The summed E-state index contributed by atoms with van der Waals surface area (Å²) >= 11 is 12.2. The summed E-state index contributed by atoms with van der Waals surface area (Å²) in [6.45, 7) is 2.33. The normalized spacial score (nSPS) is 18.8. The molecule has 0 unspecified atom stereocenters. The van der Waals surface area contributed by atoms with Crippen molar-refractivity contribution in [2.24, 2.45) is 0 Å². The number of hydrogen-bond acceptors (Lipinski definition) is 6. The number of carbonyl (C=O) groups excluding carboxylic acids is 3. The predicted octanol–water partition coefficient (Wildman–Crippen LogP) is 5.05. The van der Waals surface area contributed by atoms with Crippen molar-refractivity contribution in [1.82, 2.24) is 4.90 Å². The lowest BCUT2D eigenvalue weighted by atomic mass is 9.86. The quantitative estimate of drug-likeness (QED) is 0.192. The first-order valence-electron chi connectivity index (χ1n) is 10.9. The molecule has 0 aliphatic carbocycles. The number of fused-ring (bicyclic) bond motifs is 1. The zero-order chi connectivity index (χ0) is 25.7. The number of amides is 3. The number of nitro benzene ring substituents is 1. The SMILES string of the molecule is CCOc1ccc([C@H]2[C@@H](N3C(=O)c4ccc([N+](=O)[O-])cc4C3=O)C(=O)N2c2ccc(Cl)c(Cl)c2)cc1. The number of halogens is 2. The van der Waals surface area contributed by atoms with Crippen molar-refractivity contribution < 1.29 is 24.0 Å². The molecule has 182 valence electrons. The molecule has 2 aliphatic heterocycles. The lowest BCUT2D eigenvalue weighted by molar-refractivity contribution is -0.384. The average Bonchev–Trinajstić information content (AvgIpc) is 3.10. The molecule has 1 saturated heterocycles. The summed E-state index contributed by atoms with van der Waals surface area (Å²) in [7, 11) is 0. The van der Waals surface area contributed by atoms with Gasteiger partial charge in [0.25, 0.3) is 23.4 Å². The molecule has 0 bridgehead atoms. The van der Waals surface area contributed by atoms with Gasteiger partial charge in [-0.15, -0.1) is 0 Å². The molecule has 0 radical (unpaired) electrons. The van der Waals surface area contributed by atoms with Gasteiger partial charge in [0.2, 0.25) is 0 Å². The van der Waals surface area contributed by atoms with Crippen molar-refractivity contribution in [2.75, 3.05) is 11.5 Å². The molecule has 0 spiro atoms. The minimum Gasteiger partial charge on any atom is -0.494 e. The molecule has 0 saturated carbocycles. The van der Waals surface area contributed by atoms with Crippen LogP contribution >= 0.6 is 23.2 Å². The van der Waals surface area contributed by atoms with Gasteiger partial charge in [0.05, 0.1) is 38.7 Å². The highest BCUT2D eigenvalue weighted by Crippen LogP contribution is 2.45. The van der Waals surface area contributed by atoms with Gasteiger partial charge < -0.3 is 9.64 Å². The minimum atomic E-state index is -1.16. The summed E-state index contributed by atoms with van der Waals surface area (Å²) in [5, 5.41) is 11.7. The van der Waals surface area contributed by atoms with Gasteiger partial charge in [-0.3, -0.25) is 29.4 Å². The summed E-state index contributed by atoms with van der Waals surface area (Å²) < 4.78 is 5.50. The number of carbonyl (C=O) groups is 3. The van der Waals surface area contributed by atoms with E-state index in [1.165, 1.54) is 17.0 Å². The number of non-ortho nitro benzene ring substituents is 1. The number of anilines is 1. The molecule has 3 amide bonds. The van der Waals surface area contributed by atoms with Crippen LogP contribution in [0, 0.1) is 10.1 Å². The van der Waals surface area contributed by atoms with Gasteiger partial charge in [-0.25, -0.2) is 0 Å². The van der Waals surface area contributed by atoms with Gasteiger partial charge >= 0.3 is 0 Å². The van der Waals surface area contributed by atoms with Crippen LogP contribution in [0.15, 0.2) is 60.7 Å². The van der Waals surface area contributed by atoms with Gasteiger partial charge in [-0.2, -0.15) is 0 Å². The molecule has 5 rings (SSSR count). The molecule has 0 aromatic heterocycles. The predicted molar refractivity (Wildman–Crippen MR) is 132 cm³/mol. The first kappa shape index (κ1) is 23.8. The standard InChI is InChI=1S/C25H17Cl2N3O6/c1-2-36-16-7-3-13(4-8-16)21-22(25(33)28(21)14-6-10-19(26)20(27)12-14)29-23(31)17-9-5-15(30(34)35)11-18(17)24(29)32/h3-12,21-22H,2H2,1H3/t21-,22+/m0/s1. The molecule has 1 fully saturated rings. The van der Waals surface area contributed by atoms with E-state index in [1.54, 1.807) is 36.4 Å². The number of benzene rings is 3. The maximum atomic E-state index is 13.5. The second kappa shape index (κ2) is 8.92. The van der Waals surface area contributed by atoms with Crippen LogP contribution in [0.1, 0.15) is 39.2 Å². The van der Waals surface area contributed by atoms with Crippen molar-refractivity contribution >= 4 is 52.3 Å². The number of ether oxygens (including phenoxy) is 1. The van der Waals surface area contributed by atoms with Crippen LogP contribution in [-0.4, -0.2) is 40.2 Å². The third-order valence-electron chi connectivity index (χ3n) is 6.17. The molecule has 2 atom stereocenters. The summed E-state index contributed by atoms with van der Waals surface area (Å²) in [5.74, 6) is -1.33. The van der Waals surface area contributed by atoms with E-state index in [9.17, 15) is 24.5 Å². The van der Waals surface area contributed by atoms with Crippen LogP contribution in [0.3, 0.4) is 0 Å². The molecule has 3 aromatic rings. The Balaban J connectivity index is 1.57. The van der Waals surface area contributed by atoms with Crippen molar-refractivity contribution in [1.29, 1.82) is 0 Å². The second-order valence-electron chi connectivity index (χ2n) is 8.17. The lowest BCUT2D eigenvalue weighted by Crippen LogP contribution is -2.67. The number of β-lactam (4-membered cyclic amide) rings is 1. The van der Waals surface area contributed by atoms with E-state index in [-0.39, 0.29) is 21.8 Å². The third-order valence-corrected chi connectivity index (χ3v) is 6.91. The third kappa shape index (κ3) is 3.68. The van der Waals surface area contributed by atoms with E-state index in [2.05, 4.69) is 0 Å². The van der Waals surface area contributed by atoms with Crippen LogP contribution in [0.25, 0.3) is 0 Å². The monoisotopic (exact) mass is 525 g/mol. The van der Waals surface area contributed by atoms with Crippen LogP contribution in [0.4, 0.5) is 11.4 Å². The van der Waals surface area contributed by atoms with Gasteiger partial charge in [-0.05, 0) is 48.9 Å². The zero-order valence-electron chi connectivity index (χ0n) is 18.7. The summed E-state index contributed by atoms with van der Waals surface area (Å²) in [6, 6.07) is 13.2. The van der Waals surface area contributed by atoms with Crippen LogP contribution in [-0.2, 0) is 4.79 Å². The van der Waals surface area contributed by atoms with Crippen LogP contribution in [0.5, 0.6) is 5.75 Å². The van der Waals surface area contributed by atoms with E-state index in [0.717, 1.165) is 17.0 Å². The Hall–Kier alpha value is -3.95. The Morgan fingerprint density at radius 3 is 2.19 bits per heavy atom. The first-order chi connectivity index (χ1) is 17.2. The second-order valence-corrected chi connectivity index (χ2v) is 8.98. The largest absolute Gasteiger partial charge is 0.494 e. The summed E-state index contributed by atoms with van der Waals surface area (Å²) in [6.07, 6.45) is 0. The molecule has 11 heteroatoms. The van der Waals surface area contributed by atoms with Crippen molar-refractivity contribution in [3.8, 4) is 5.75 Å². The molecule has 2 aliphatic rings. The summed E-state index contributed by atoms with van der Waals surface area (Å²) in [4.78, 5) is 52.9. The molecule has 36 heavy (non-hydrogen) atoms. The Morgan fingerprint density at radius 2 is 1.56 bits per heavy atom. The van der Waals surface area contributed by atoms with Gasteiger partial charge in [-0.1, -0.05) is 35.3 Å². The fraction of sp³-hybridized carbons (Fsp3) is 0.160. The Bertz CT molecular complexity index is 1440. The Labute approximate surface area is 214 Å². The molecule has 3 aromatic carbocycles. The highest BCUT2D eigenvalue weighted by atomic mass is 35.5. The topological polar surface area (TPSA) is 110 Å². The Morgan fingerprint density at radius 1 is 0.861 bits per heavy atom. The molecule has 0 N–H and O–H groups in total. The Kier molecular flexibility index (Phi) is 5.89. The molecular weight excluding hydrogens is 509 g/mol. The zero-order valence-corrected chi connectivity index (χ0v) is 20.2. The van der Waals surface area contributed by atoms with Gasteiger partial charge in [0, 0.05) is 17.8 Å². The number of imide groups is 1.